The Morgan fingerprint density at radius 1 is 1.37 bits per heavy atom. The van der Waals surface area contributed by atoms with E-state index in [1.165, 1.54) is 6.07 Å². The van der Waals surface area contributed by atoms with Crippen molar-refractivity contribution in [3.05, 3.63) is 23.8 Å². The second-order valence-electron chi connectivity index (χ2n) is 3.92. The quantitative estimate of drug-likeness (QED) is 0.616. The molecule has 0 aliphatic carbocycles. The van der Waals surface area contributed by atoms with E-state index in [9.17, 15) is 13.2 Å². The van der Waals surface area contributed by atoms with Crippen molar-refractivity contribution in [2.75, 3.05) is 31.0 Å². The normalized spacial score (nSPS) is 11.1. The molecule has 0 aliphatic heterocycles. The van der Waals surface area contributed by atoms with E-state index in [4.69, 9.17) is 15.2 Å². The molecule has 0 heterocycles. The van der Waals surface area contributed by atoms with Gasteiger partial charge >= 0.3 is 5.97 Å². The molecule has 0 bridgehead atoms. The SMILES string of the molecule is CCOc1c(N)cccc1C(=O)OCCS(C)(=O)=O. The second-order valence-corrected chi connectivity index (χ2v) is 6.18. The molecule has 1 rings (SSSR count). The molecular formula is C12H17NO5S. The lowest BCUT2D eigenvalue weighted by Crippen LogP contribution is -2.15. The zero-order chi connectivity index (χ0) is 14.5. The predicted octanol–water partition coefficient (Wildman–Crippen LogP) is 0.869. The molecular weight excluding hydrogens is 270 g/mol. The van der Waals surface area contributed by atoms with Gasteiger partial charge in [0, 0.05) is 6.26 Å². The van der Waals surface area contributed by atoms with Crippen LogP contribution in [-0.4, -0.2) is 39.6 Å². The number of rotatable bonds is 6. The number of carbonyl (C=O) groups excluding carboxylic acids is 1. The number of hydrogen-bond acceptors (Lipinski definition) is 6. The number of esters is 1. The number of para-hydroxylation sites is 1. The highest BCUT2D eigenvalue weighted by Gasteiger charge is 2.16. The first-order valence-corrected chi connectivity index (χ1v) is 7.77. The van der Waals surface area contributed by atoms with E-state index in [1.54, 1.807) is 19.1 Å². The summed E-state index contributed by atoms with van der Waals surface area (Å²) in [6, 6.07) is 4.73. The summed E-state index contributed by atoms with van der Waals surface area (Å²) in [4.78, 5) is 11.8. The monoisotopic (exact) mass is 287 g/mol. The Morgan fingerprint density at radius 3 is 2.63 bits per heavy atom. The highest BCUT2D eigenvalue weighted by atomic mass is 32.2. The molecule has 106 valence electrons. The second kappa shape index (κ2) is 6.42. The lowest BCUT2D eigenvalue weighted by atomic mass is 10.2. The van der Waals surface area contributed by atoms with Crippen LogP contribution in [0.3, 0.4) is 0 Å². The number of sulfone groups is 1. The van der Waals surface area contributed by atoms with Crippen molar-refractivity contribution >= 4 is 21.5 Å². The van der Waals surface area contributed by atoms with Crippen molar-refractivity contribution in [2.45, 2.75) is 6.92 Å². The van der Waals surface area contributed by atoms with Crippen LogP contribution in [0, 0.1) is 0 Å². The van der Waals surface area contributed by atoms with Crippen LogP contribution < -0.4 is 10.5 Å². The molecule has 0 aromatic heterocycles. The Balaban J connectivity index is 2.79. The van der Waals surface area contributed by atoms with Crippen LogP contribution in [-0.2, 0) is 14.6 Å². The molecule has 0 aliphatic rings. The molecule has 0 saturated carbocycles. The smallest absolute Gasteiger partial charge is 0.342 e. The summed E-state index contributed by atoms with van der Waals surface area (Å²) >= 11 is 0. The molecule has 2 N–H and O–H groups in total. The first-order chi connectivity index (χ1) is 8.85. The maximum Gasteiger partial charge on any atom is 0.342 e. The molecule has 7 heteroatoms. The van der Waals surface area contributed by atoms with Gasteiger partial charge in [0.2, 0.25) is 0 Å². The number of ether oxygens (including phenoxy) is 2. The third-order valence-corrected chi connectivity index (χ3v) is 3.15. The molecule has 0 amide bonds. The van der Waals surface area contributed by atoms with Gasteiger partial charge in [-0.1, -0.05) is 6.07 Å². The molecule has 0 fully saturated rings. The number of hydrogen-bond donors (Lipinski definition) is 1. The Bertz CT molecular complexity index is 553. The predicted molar refractivity (Wildman–Crippen MR) is 72.0 cm³/mol. The Hall–Kier alpha value is -1.76. The fraction of sp³-hybridized carbons (Fsp3) is 0.417. The lowest BCUT2D eigenvalue weighted by molar-refractivity contribution is 0.0525. The minimum absolute atomic E-state index is 0.190. The van der Waals surface area contributed by atoms with Crippen molar-refractivity contribution in [3.8, 4) is 5.75 Å². The minimum atomic E-state index is -3.16. The first kappa shape index (κ1) is 15.3. The lowest BCUT2D eigenvalue weighted by Gasteiger charge is -2.11. The van der Waals surface area contributed by atoms with E-state index in [-0.39, 0.29) is 23.7 Å². The standard InChI is InChI=1S/C12H17NO5S/c1-3-17-11-9(5-4-6-10(11)13)12(14)18-7-8-19(2,15)16/h4-6H,3,7-8,13H2,1-2H3. The maximum absolute atomic E-state index is 11.8. The summed E-state index contributed by atoms with van der Waals surface area (Å²) in [6.45, 7) is 1.93. The fourth-order valence-corrected chi connectivity index (χ4v) is 1.77. The third-order valence-electron chi connectivity index (χ3n) is 2.24. The van der Waals surface area contributed by atoms with Gasteiger partial charge in [-0.15, -0.1) is 0 Å². The summed E-state index contributed by atoms with van der Waals surface area (Å²) in [5.41, 5.74) is 6.24. The van der Waals surface area contributed by atoms with Gasteiger partial charge in [0.1, 0.15) is 12.2 Å². The Kier molecular flexibility index (Phi) is 5.17. The van der Waals surface area contributed by atoms with Gasteiger partial charge in [-0.25, -0.2) is 13.2 Å². The first-order valence-electron chi connectivity index (χ1n) is 5.71. The van der Waals surface area contributed by atoms with Crippen LogP contribution in [0.4, 0.5) is 5.69 Å². The van der Waals surface area contributed by atoms with Gasteiger partial charge in [0.15, 0.2) is 15.6 Å². The van der Waals surface area contributed by atoms with E-state index in [0.29, 0.717) is 12.3 Å². The summed E-state index contributed by atoms with van der Waals surface area (Å²) in [7, 11) is -3.16. The molecule has 0 atom stereocenters. The number of nitrogen functional groups attached to an aromatic ring is 1. The van der Waals surface area contributed by atoms with Gasteiger partial charge in [-0.3, -0.25) is 0 Å². The molecule has 0 radical (unpaired) electrons. The van der Waals surface area contributed by atoms with Crippen molar-refractivity contribution in [3.63, 3.8) is 0 Å². The van der Waals surface area contributed by atoms with E-state index >= 15 is 0 Å². The molecule has 19 heavy (non-hydrogen) atoms. The molecule has 6 nitrogen and oxygen atoms in total. The molecule has 0 spiro atoms. The third kappa shape index (κ3) is 4.78. The van der Waals surface area contributed by atoms with Crippen molar-refractivity contribution in [2.24, 2.45) is 0 Å². The van der Waals surface area contributed by atoms with Crippen LogP contribution in [0.1, 0.15) is 17.3 Å². The zero-order valence-corrected chi connectivity index (χ0v) is 11.7. The summed E-state index contributed by atoms with van der Waals surface area (Å²) < 4.78 is 32.1. The van der Waals surface area contributed by atoms with Crippen LogP contribution in [0.15, 0.2) is 18.2 Å². The molecule has 0 unspecified atom stereocenters. The van der Waals surface area contributed by atoms with Crippen LogP contribution in [0.25, 0.3) is 0 Å². The minimum Gasteiger partial charge on any atom is -0.491 e. The summed E-state index contributed by atoms with van der Waals surface area (Å²) in [6.07, 6.45) is 1.08. The topological polar surface area (TPSA) is 95.7 Å². The van der Waals surface area contributed by atoms with E-state index < -0.39 is 15.8 Å². The van der Waals surface area contributed by atoms with Crippen LogP contribution in [0.2, 0.25) is 0 Å². The molecule has 1 aromatic rings. The average Bonchev–Trinajstić information content (AvgIpc) is 2.30. The maximum atomic E-state index is 11.8. The summed E-state index contributed by atoms with van der Waals surface area (Å²) in [5, 5.41) is 0. The van der Waals surface area contributed by atoms with Gasteiger partial charge in [0.05, 0.1) is 18.0 Å². The number of benzene rings is 1. The molecule has 1 aromatic carbocycles. The number of anilines is 1. The highest BCUT2D eigenvalue weighted by Crippen LogP contribution is 2.26. The Labute approximate surface area is 112 Å². The zero-order valence-electron chi connectivity index (χ0n) is 10.9. The van der Waals surface area contributed by atoms with E-state index in [1.807, 2.05) is 0 Å². The van der Waals surface area contributed by atoms with Crippen molar-refractivity contribution in [1.29, 1.82) is 0 Å². The fourth-order valence-electron chi connectivity index (χ4n) is 1.38. The number of nitrogens with two attached hydrogens (primary N) is 1. The van der Waals surface area contributed by atoms with Gasteiger partial charge in [-0.05, 0) is 19.1 Å². The van der Waals surface area contributed by atoms with Gasteiger partial charge in [-0.2, -0.15) is 0 Å². The molecule has 0 saturated heterocycles. The Morgan fingerprint density at radius 2 is 2.05 bits per heavy atom. The summed E-state index contributed by atoms with van der Waals surface area (Å²) in [5.74, 6) is -0.612. The van der Waals surface area contributed by atoms with E-state index in [0.717, 1.165) is 6.26 Å². The van der Waals surface area contributed by atoms with Gasteiger partial charge < -0.3 is 15.2 Å². The van der Waals surface area contributed by atoms with Gasteiger partial charge in [0.25, 0.3) is 0 Å². The van der Waals surface area contributed by atoms with Crippen LogP contribution in [0.5, 0.6) is 5.75 Å². The van der Waals surface area contributed by atoms with Crippen LogP contribution >= 0.6 is 0 Å². The highest BCUT2D eigenvalue weighted by molar-refractivity contribution is 7.90. The van der Waals surface area contributed by atoms with E-state index in [2.05, 4.69) is 0 Å². The average molecular weight is 287 g/mol. The number of carbonyl (C=O) groups is 1. The van der Waals surface area contributed by atoms with Crippen molar-refractivity contribution < 1.29 is 22.7 Å². The van der Waals surface area contributed by atoms with Crippen molar-refractivity contribution in [1.82, 2.24) is 0 Å². The largest absolute Gasteiger partial charge is 0.491 e.